The Morgan fingerprint density at radius 3 is 2.70 bits per heavy atom. The number of rotatable bonds is 5. The van der Waals surface area contributed by atoms with Crippen LogP contribution in [0.25, 0.3) is 0 Å². The quantitative estimate of drug-likeness (QED) is 0.866. The number of hydrogen-bond donors (Lipinski definition) is 1. The largest absolute Gasteiger partial charge is 0.450 e. The molecule has 1 aliphatic heterocycles. The van der Waals surface area contributed by atoms with Crippen LogP contribution in [0.15, 0.2) is 24.4 Å². The summed E-state index contributed by atoms with van der Waals surface area (Å²) in [4.78, 5) is 20.2. The Labute approximate surface area is 159 Å². The van der Waals surface area contributed by atoms with E-state index in [-0.39, 0.29) is 6.09 Å². The van der Waals surface area contributed by atoms with E-state index >= 15 is 0 Å². The zero-order valence-electron chi connectivity index (χ0n) is 16.1. The van der Waals surface area contributed by atoms with Crippen LogP contribution in [-0.2, 0) is 11.2 Å². The molecule has 0 saturated carbocycles. The number of amides is 1. The lowest BCUT2D eigenvalue weighted by Crippen LogP contribution is -2.49. The molecule has 2 aromatic rings. The van der Waals surface area contributed by atoms with Gasteiger partial charge in [-0.3, -0.25) is 0 Å². The Balaban J connectivity index is 1.69. The van der Waals surface area contributed by atoms with Gasteiger partial charge in [0.2, 0.25) is 5.95 Å². The minimum atomic E-state index is -0.266. The zero-order chi connectivity index (χ0) is 19.2. The molecule has 0 bridgehead atoms. The first-order valence-corrected chi connectivity index (χ1v) is 9.34. The second-order valence-corrected chi connectivity index (χ2v) is 6.40. The number of anilines is 3. The fourth-order valence-corrected chi connectivity index (χ4v) is 3.12. The minimum Gasteiger partial charge on any atom is -0.450 e. The molecule has 27 heavy (non-hydrogen) atoms. The Morgan fingerprint density at radius 1 is 1.22 bits per heavy atom. The van der Waals surface area contributed by atoms with Crippen molar-refractivity contribution in [2.75, 3.05) is 43.0 Å². The second kappa shape index (κ2) is 8.66. The number of nitrogens with one attached hydrogen (secondary N) is 1. The van der Waals surface area contributed by atoms with Gasteiger partial charge in [0, 0.05) is 31.9 Å². The van der Waals surface area contributed by atoms with Gasteiger partial charge in [-0.05, 0) is 31.4 Å². The topological polar surface area (TPSA) is 83.5 Å². The van der Waals surface area contributed by atoms with E-state index in [0.29, 0.717) is 44.6 Å². The Hall–Kier alpha value is -2.90. The average Bonchev–Trinajstić information content (AvgIpc) is 2.70. The molecule has 3 rings (SSSR count). The van der Waals surface area contributed by atoms with Crippen molar-refractivity contribution >= 4 is 23.5 Å². The lowest BCUT2D eigenvalue weighted by molar-refractivity contribution is 0.105. The van der Waals surface area contributed by atoms with Crippen molar-refractivity contribution in [3.05, 3.63) is 35.5 Å². The average molecular weight is 370 g/mol. The predicted octanol–water partition coefficient (Wildman–Crippen LogP) is 2.76. The number of carbonyl (C=O) groups is 1. The maximum absolute atomic E-state index is 11.8. The predicted molar refractivity (Wildman–Crippen MR) is 104 cm³/mol. The number of para-hydroxylation sites is 1. The van der Waals surface area contributed by atoms with Crippen molar-refractivity contribution in [3.8, 4) is 0 Å². The van der Waals surface area contributed by atoms with Crippen LogP contribution < -0.4 is 10.2 Å². The van der Waals surface area contributed by atoms with Gasteiger partial charge < -0.3 is 19.9 Å². The molecule has 1 amide bonds. The van der Waals surface area contributed by atoms with E-state index in [4.69, 9.17) is 4.74 Å². The fourth-order valence-electron chi connectivity index (χ4n) is 3.12. The Morgan fingerprint density at radius 2 is 2.00 bits per heavy atom. The highest BCUT2D eigenvalue weighted by atomic mass is 16.6. The summed E-state index contributed by atoms with van der Waals surface area (Å²) in [5, 5.41) is 11.7. The third kappa shape index (κ3) is 4.45. The first kappa shape index (κ1) is 18.9. The summed E-state index contributed by atoms with van der Waals surface area (Å²) in [6.45, 7) is 8.86. The molecule has 0 spiro atoms. The van der Waals surface area contributed by atoms with Gasteiger partial charge in [0.15, 0.2) is 5.82 Å². The molecular weight excluding hydrogens is 344 g/mol. The molecule has 144 valence electrons. The molecular formula is C19H26N6O2. The van der Waals surface area contributed by atoms with E-state index in [1.807, 2.05) is 11.8 Å². The number of benzene rings is 1. The SMILES string of the molecule is CCOC(=O)N1CCN(c2nncc(Nc3c(C)cccc3CC)n2)CC1. The molecule has 1 aromatic heterocycles. The van der Waals surface area contributed by atoms with Crippen LogP contribution in [0.5, 0.6) is 0 Å². The summed E-state index contributed by atoms with van der Waals surface area (Å²) in [5.41, 5.74) is 3.47. The summed E-state index contributed by atoms with van der Waals surface area (Å²) >= 11 is 0. The van der Waals surface area contributed by atoms with E-state index in [2.05, 4.69) is 52.5 Å². The van der Waals surface area contributed by atoms with Crippen molar-refractivity contribution < 1.29 is 9.53 Å². The monoisotopic (exact) mass is 370 g/mol. The number of hydrogen-bond acceptors (Lipinski definition) is 7. The van der Waals surface area contributed by atoms with Crippen molar-refractivity contribution in [2.24, 2.45) is 0 Å². The van der Waals surface area contributed by atoms with Crippen LogP contribution >= 0.6 is 0 Å². The molecule has 2 heterocycles. The van der Waals surface area contributed by atoms with Gasteiger partial charge in [0.05, 0.1) is 12.8 Å². The molecule has 0 atom stereocenters. The van der Waals surface area contributed by atoms with Crippen molar-refractivity contribution in [1.29, 1.82) is 0 Å². The highest BCUT2D eigenvalue weighted by molar-refractivity contribution is 5.68. The lowest BCUT2D eigenvalue weighted by atomic mass is 10.1. The van der Waals surface area contributed by atoms with Crippen LogP contribution in [-0.4, -0.2) is 59.0 Å². The van der Waals surface area contributed by atoms with E-state index < -0.39 is 0 Å². The van der Waals surface area contributed by atoms with E-state index in [0.717, 1.165) is 17.7 Å². The molecule has 0 radical (unpaired) electrons. The number of aromatic nitrogens is 3. The molecule has 1 aromatic carbocycles. The van der Waals surface area contributed by atoms with E-state index in [1.165, 1.54) is 5.56 Å². The third-order valence-corrected chi connectivity index (χ3v) is 4.63. The molecule has 1 N–H and O–H groups in total. The molecule has 1 saturated heterocycles. The summed E-state index contributed by atoms with van der Waals surface area (Å²) in [5.74, 6) is 1.23. The van der Waals surface area contributed by atoms with Gasteiger partial charge in [-0.2, -0.15) is 10.1 Å². The number of aryl methyl sites for hydroxylation is 2. The first-order chi connectivity index (χ1) is 13.1. The standard InChI is InChI=1S/C19H26N6O2/c1-4-15-8-6-7-14(3)17(15)21-16-13-20-23-18(22-16)24-9-11-25(12-10-24)19(26)27-5-2/h6-8,13H,4-5,9-12H2,1-3H3,(H,21,22,23). The van der Waals surface area contributed by atoms with Crippen LogP contribution in [0.1, 0.15) is 25.0 Å². The highest BCUT2D eigenvalue weighted by Gasteiger charge is 2.23. The third-order valence-electron chi connectivity index (χ3n) is 4.63. The molecule has 8 heteroatoms. The minimum absolute atomic E-state index is 0.266. The molecule has 1 aliphatic rings. The summed E-state index contributed by atoms with van der Waals surface area (Å²) in [7, 11) is 0. The van der Waals surface area contributed by atoms with Crippen LogP contribution in [0.3, 0.4) is 0 Å². The normalized spacial score (nSPS) is 14.2. The van der Waals surface area contributed by atoms with E-state index in [9.17, 15) is 4.79 Å². The van der Waals surface area contributed by atoms with Crippen molar-refractivity contribution in [2.45, 2.75) is 27.2 Å². The van der Waals surface area contributed by atoms with Gasteiger partial charge in [-0.15, -0.1) is 5.10 Å². The number of piperazine rings is 1. The smallest absolute Gasteiger partial charge is 0.409 e. The maximum atomic E-state index is 11.8. The maximum Gasteiger partial charge on any atom is 0.409 e. The van der Waals surface area contributed by atoms with Crippen LogP contribution in [0, 0.1) is 6.92 Å². The fraction of sp³-hybridized carbons (Fsp3) is 0.474. The molecule has 8 nitrogen and oxygen atoms in total. The van der Waals surface area contributed by atoms with Gasteiger partial charge in [-0.1, -0.05) is 25.1 Å². The highest BCUT2D eigenvalue weighted by Crippen LogP contribution is 2.25. The Kier molecular flexibility index (Phi) is 6.05. The number of nitrogens with zero attached hydrogens (tertiary/aromatic N) is 5. The van der Waals surface area contributed by atoms with Crippen LogP contribution in [0.2, 0.25) is 0 Å². The number of ether oxygens (including phenoxy) is 1. The lowest BCUT2D eigenvalue weighted by Gasteiger charge is -2.33. The van der Waals surface area contributed by atoms with Gasteiger partial charge in [0.1, 0.15) is 0 Å². The second-order valence-electron chi connectivity index (χ2n) is 6.40. The number of carbonyl (C=O) groups excluding carboxylic acids is 1. The van der Waals surface area contributed by atoms with Crippen LogP contribution in [0.4, 0.5) is 22.2 Å². The van der Waals surface area contributed by atoms with Gasteiger partial charge >= 0.3 is 6.09 Å². The van der Waals surface area contributed by atoms with E-state index in [1.54, 1.807) is 11.1 Å². The van der Waals surface area contributed by atoms with Gasteiger partial charge in [0.25, 0.3) is 0 Å². The summed E-state index contributed by atoms with van der Waals surface area (Å²) in [6.07, 6.45) is 2.30. The molecule has 1 fully saturated rings. The first-order valence-electron chi connectivity index (χ1n) is 9.34. The summed E-state index contributed by atoms with van der Waals surface area (Å²) < 4.78 is 5.06. The molecule has 0 unspecified atom stereocenters. The zero-order valence-corrected chi connectivity index (χ0v) is 16.1. The van der Waals surface area contributed by atoms with Crippen molar-refractivity contribution in [3.63, 3.8) is 0 Å². The molecule has 0 aliphatic carbocycles. The van der Waals surface area contributed by atoms with Crippen molar-refractivity contribution in [1.82, 2.24) is 20.1 Å². The summed E-state index contributed by atoms with van der Waals surface area (Å²) in [6, 6.07) is 6.25. The Bertz CT molecular complexity index is 790. The van der Waals surface area contributed by atoms with Gasteiger partial charge in [-0.25, -0.2) is 4.79 Å².